The summed E-state index contributed by atoms with van der Waals surface area (Å²) in [6, 6.07) is 0.406. The molecule has 2 aromatic heterocycles. The first-order chi connectivity index (χ1) is 8.83. The average molecular weight is 266 g/mol. The molecule has 0 bridgehead atoms. The summed E-state index contributed by atoms with van der Waals surface area (Å²) < 4.78 is 5.28. The van der Waals surface area contributed by atoms with Gasteiger partial charge in [0.2, 0.25) is 11.7 Å². The van der Waals surface area contributed by atoms with Gasteiger partial charge in [0.15, 0.2) is 0 Å². The number of nitrogens with zero attached hydrogens (tertiary/aromatic N) is 3. The quantitative estimate of drug-likeness (QED) is 0.834. The minimum atomic E-state index is 0.406. The molecule has 1 atom stereocenters. The molecule has 0 aliphatic heterocycles. The molecular weight excluding hydrogens is 248 g/mol. The van der Waals surface area contributed by atoms with E-state index in [9.17, 15) is 0 Å². The highest BCUT2D eigenvalue weighted by Crippen LogP contribution is 2.16. The maximum atomic E-state index is 5.28. The number of nitrogens with one attached hydrogen (secondary N) is 1. The lowest BCUT2D eigenvalue weighted by atomic mass is 10.1. The molecule has 0 amide bonds. The zero-order chi connectivity index (χ0) is 12.8. The largest absolute Gasteiger partial charge is 0.339 e. The van der Waals surface area contributed by atoms with Crippen LogP contribution >= 0.6 is 11.3 Å². The number of aromatic nitrogens is 3. The minimum Gasteiger partial charge on any atom is -0.339 e. The Morgan fingerprint density at radius 2 is 2.33 bits per heavy atom. The molecule has 0 aliphatic carbocycles. The van der Waals surface area contributed by atoms with Crippen LogP contribution in [0, 0.1) is 0 Å². The number of hydrogen-bond donors (Lipinski definition) is 1. The molecule has 0 saturated heterocycles. The van der Waals surface area contributed by atoms with Crippen LogP contribution in [0.25, 0.3) is 11.5 Å². The predicted molar refractivity (Wildman–Crippen MR) is 71.5 cm³/mol. The second kappa shape index (κ2) is 6.61. The van der Waals surface area contributed by atoms with Crippen LogP contribution in [-0.2, 0) is 6.42 Å². The molecule has 0 radical (unpaired) electrons. The van der Waals surface area contributed by atoms with Crippen LogP contribution in [0.15, 0.2) is 15.4 Å². The summed E-state index contributed by atoms with van der Waals surface area (Å²) in [6.07, 6.45) is 3.03. The van der Waals surface area contributed by atoms with E-state index in [-0.39, 0.29) is 0 Å². The van der Waals surface area contributed by atoms with Crippen molar-refractivity contribution in [2.45, 2.75) is 39.2 Å². The SMILES string of the molecule is CCCC(Cc1nc(-c2cscn2)no1)NCC. The minimum absolute atomic E-state index is 0.406. The van der Waals surface area contributed by atoms with E-state index < -0.39 is 0 Å². The normalized spacial score (nSPS) is 12.8. The maximum absolute atomic E-state index is 5.28. The summed E-state index contributed by atoms with van der Waals surface area (Å²) in [7, 11) is 0. The van der Waals surface area contributed by atoms with Crippen molar-refractivity contribution in [3.63, 3.8) is 0 Å². The van der Waals surface area contributed by atoms with Crippen LogP contribution in [0.3, 0.4) is 0 Å². The molecule has 1 N–H and O–H groups in total. The van der Waals surface area contributed by atoms with Gasteiger partial charge in [-0.1, -0.05) is 25.4 Å². The Morgan fingerprint density at radius 3 is 3.00 bits per heavy atom. The summed E-state index contributed by atoms with van der Waals surface area (Å²) in [4.78, 5) is 8.55. The van der Waals surface area contributed by atoms with Crippen LogP contribution in [0.1, 0.15) is 32.6 Å². The van der Waals surface area contributed by atoms with Gasteiger partial charge in [-0.15, -0.1) is 11.3 Å². The lowest BCUT2D eigenvalue weighted by Crippen LogP contribution is -2.30. The van der Waals surface area contributed by atoms with Crippen LogP contribution in [-0.4, -0.2) is 27.7 Å². The van der Waals surface area contributed by atoms with Crippen molar-refractivity contribution in [1.29, 1.82) is 0 Å². The van der Waals surface area contributed by atoms with Gasteiger partial charge in [0.05, 0.1) is 5.51 Å². The van der Waals surface area contributed by atoms with Crippen LogP contribution in [0.5, 0.6) is 0 Å². The first kappa shape index (κ1) is 13.2. The van der Waals surface area contributed by atoms with Gasteiger partial charge in [-0.05, 0) is 13.0 Å². The Morgan fingerprint density at radius 1 is 1.44 bits per heavy atom. The Bertz CT molecular complexity index is 448. The van der Waals surface area contributed by atoms with Crippen LogP contribution in [0.4, 0.5) is 0 Å². The molecule has 0 fully saturated rings. The number of likely N-dealkylation sites (N-methyl/N-ethyl adjacent to an activating group) is 1. The second-order valence-corrected chi connectivity index (χ2v) is 4.85. The van der Waals surface area contributed by atoms with E-state index in [1.54, 1.807) is 5.51 Å². The van der Waals surface area contributed by atoms with Gasteiger partial charge in [-0.25, -0.2) is 4.98 Å². The number of rotatable bonds is 7. The molecule has 5 nitrogen and oxygen atoms in total. The molecule has 2 heterocycles. The molecule has 0 aliphatic rings. The third kappa shape index (κ3) is 3.36. The molecule has 6 heteroatoms. The topological polar surface area (TPSA) is 63.8 Å². The molecule has 0 aromatic carbocycles. The van der Waals surface area contributed by atoms with E-state index in [0.29, 0.717) is 17.8 Å². The first-order valence-corrected chi connectivity index (χ1v) is 7.22. The Balaban J connectivity index is 2.01. The van der Waals surface area contributed by atoms with Crippen molar-refractivity contribution < 1.29 is 4.52 Å². The highest BCUT2D eigenvalue weighted by Gasteiger charge is 2.14. The molecule has 2 rings (SSSR count). The molecule has 2 aromatic rings. The summed E-state index contributed by atoms with van der Waals surface area (Å²) >= 11 is 1.53. The lowest BCUT2D eigenvalue weighted by Gasteiger charge is -2.14. The van der Waals surface area contributed by atoms with Crippen molar-refractivity contribution in [3.05, 3.63) is 16.8 Å². The fraction of sp³-hybridized carbons (Fsp3) is 0.583. The van der Waals surface area contributed by atoms with Crippen molar-refractivity contribution in [1.82, 2.24) is 20.4 Å². The summed E-state index contributed by atoms with van der Waals surface area (Å²) in [5.41, 5.74) is 2.55. The van der Waals surface area contributed by atoms with Gasteiger partial charge in [0.1, 0.15) is 5.69 Å². The highest BCUT2D eigenvalue weighted by molar-refractivity contribution is 7.07. The van der Waals surface area contributed by atoms with Crippen molar-refractivity contribution in [2.24, 2.45) is 0 Å². The Hall–Kier alpha value is -1.27. The van der Waals surface area contributed by atoms with E-state index in [1.807, 2.05) is 5.38 Å². The van der Waals surface area contributed by atoms with E-state index in [1.165, 1.54) is 11.3 Å². The fourth-order valence-corrected chi connectivity index (χ4v) is 2.42. The number of hydrogen-bond acceptors (Lipinski definition) is 6. The summed E-state index contributed by atoms with van der Waals surface area (Å²) in [6.45, 7) is 5.24. The van der Waals surface area contributed by atoms with Crippen molar-refractivity contribution >= 4 is 11.3 Å². The summed E-state index contributed by atoms with van der Waals surface area (Å²) in [5, 5.41) is 9.32. The van der Waals surface area contributed by atoms with Crippen molar-refractivity contribution in [3.8, 4) is 11.5 Å². The monoisotopic (exact) mass is 266 g/mol. The maximum Gasteiger partial charge on any atom is 0.228 e. The molecule has 0 spiro atoms. The molecule has 0 saturated carbocycles. The summed E-state index contributed by atoms with van der Waals surface area (Å²) in [5.74, 6) is 1.26. The lowest BCUT2D eigenvalue weighted by molar-refractivity contribution is 0.352. The van der Waals surface area contributed by atoms with Gasteiger partial charge in [-0.2, -0.15) is 4.98 Å². The van der Waals surface area contributed by atoms with E-state index in [0.717, 1.165) is 31.5 Å². The van der Waals surface area contributed by atoms with Gasteiger partial charge in [0.25, 0.3) is 0 Å². The molecule has 18 heavy (non-hydrogen) atoms. The smallest absolute Gasteiger partial charge is 0.228 e. The molecular formula is C12H18N4OS. The molecule has 1 unspecified atom stereocenters. The molecule has 98 valence electrons. The van der Waals surface area contributed by atoms with Crippen LogP contribution in [0.2, 0.25) is 0 Å². The third-order valence-corrected chi connectivity index (χ3v) is 3.27. The third-order valence-electron chi connectivity index (χ3n) is 2.68. The highest BCUT2D eigenvalue weighted by atomic mass is 32.1. The van der Waals surface area contributed by atoms with Gasteiger partial charge in [0, 0.05) is 17.8 Å². The van der Waals surface area contributed by atoms with E-state index in [4.69, 9.17) is 4.52 Å². The van der Waals surface area contributed by atoms with E-state index in [2.05, 4.69) is 34.3 Å². The van der Waals surface area contributed by atoms with Gasteiger partial charge < -0.3 is 9.84 Å². The van der Waals surface area contributed by atoms with Gasteiger partial charge >= 0.3 is 0 Å². The Labute approximate surface area is 111 Å². The average Bonchev–Trinajstić information content (AvgIpc) is 2.98. The standard InChI is InChI=1S/C12H18N4OS/c1-3-5-9(13-4-2)6-11-15-12(16-17-11)10-7-18-8-14-10/h7-9,13H,3-6H2,1-2H3. The predicted octanol–water partition coefficient (Wildman–Crippen LogP) is 2.51. The zero-order valence-corrected chi connectivity index (χ0v) is 11.5. The first-order valence-electron chi connectivity index (χ1n) is 6.28. The van der Waals surface area contributed by atoms with Crippen molar-refractivity contribution in [2.75, 3.05) is 6.54 Å². The number of thiazole rings is 1. The Kier molecular flexibility index (Phi) is 4.83. The van der Waals surface area contributed by atoms with E-state index >= 15 is 0 Å². The van der Waals surface area contributed by atoms with Gasteiger partial charge in [-0.3, -0.25) is 0 Å². The second-order valence-electron chi connectivity index (χ2n) is 4.13. The zero-order valence-electron chi connectivity index (χ0n) is 10.7. The fourth-order valence-electron chi connectivity index (χ4n) is 1.89. The van der Waals surface area contributed by atoms with Crippen LogP contribution < -0.4 is 5.32 Å².